The third-order valence-corrected chi connectivity index (χ3v) is 7.58. The predicted octanol–water partition coefficient (Wildman–Crippen LogP) is 6.55. The molecule has 0 spiro atoms. The molecule has 1 aliphatic rings. The highest BCUT2D eigenvalue weighted by atomic mass is 16.2. The number of hydrogen-bond acceptors (Lipinski definition) is 5. The molecule has 1 amide bonds. The molecule has 0 bridgehead atoms. The Morgan fingerprint density at radius 2 is 1.77 bits per heavy atom. The van der Waals surface area contributed by atoms with Crippen molar-refractivity contribution >= 4 is 34.3 Å². The molecule has 0 unspecified atom stereocenters. The molecule has 3 aromatic heterocycles. The molecule has 8 nitrogen and oxygen atoms in total. The normalized spacial score (nSPS) is 12.8. The Labute approximate surface area is 231 Å². The number of H-pyrrole nitrogens is 1. The first-order valence-corrected chi connectivity index (χ1v) is 13.2. The van der Waals surface area contributed by atoms with Crippen LogP contribution in [0.1, 0.15) is 27.2 Å². The summed E-state index contributed by atoms with van der Waals surface area (Å²) in [6.45, 7) is 4.51. The maximum Gasteiger partial charge on any atom is 0.259 e. The lowest BCUT2D eigenvalue weighted by Crippen LogP contribution is -2.23. The van der Waals surface area contributed by atoms with Gasteiger partial charge in [-0.3, -0.25) is 9.48 Å². The molecular formula is C32H27N7O. The zero-order valence-electron chi connectivity index (χ0n) is 22.4. The number of carbonyl (C=O) groups is 1. The summed E-state index contributed by atoms with van der Waals surface area (Å²) in [7, 11) is 1.90. The molecule has 6 aromatic rings. The molecule has 0 fully saturated rings. The Hall–Kier alpha value is -5.24. The molecule has 2 N–H and O–H groups in total. The predicted molar refractivity (Wildman–Crippen MR) is 158 cm³/mol. The summed E-state index contributed by atoms with van der Waals surface area (Å²) < 4.78 is 1.80. The summed E-state index contributed by atoms with van der Waals surface area (Å²) >= 11 is 0. The second-order valence-electron chi connectivity index (χ2n) is 10.2. The molecule has 7 rings (SSSR count). The number of aryl methyl sites for hydroxylation is 3. The monoisotopic (exact) mass is 525 g/mol. The van der Waals surface area contributed by atoms with Gasteiger partial charge >= 0.3 is 0 Å². The molecule has 0 saturated carbocycles. The van der Waals surface area contributed by atoms with E-state index >= 15 is 0 Å². The van der Waals surface area contributed by atoms with E-state index in [0.717, 1.165) is 61.4 Å². The minimum absolute atomic E-state index is 0.00798. The number of para-hydroxylation sites is 1. The first kappa shape index (κ1) is 23.8. The van der Waals surface area contributed by atoms with Crippen molar-refractivity contribution in [2.45, 2.75) is 20.4 Å². The van der Waals surface area contributed by atoms with Crippen LogP contribution >= 0.6 is 0 Å². The van der Waals surface area contributed by atoms with Crippen LogP contribution < -0.4 is 10.2 Å². The number of rotatable bonds is 5. The molecule has 4 heterocycles. The average Bonchev–Trinajstić information content (AvgIpc) is 3.64. The molecular weight excluding hydrogens is 498 g/mol. The number of carbonyl (C=O) groups excluding carboxylic acids is 1. The van der Waals surface area contributed by atoms with E-state index in [1.165, 1.54) is 0 Å². The lowest BCUT2D eigenvalue weighted by Gasteiger charge is -2.17. The summed E-state index contributed by atoms with van der Waals surface area (Å²) in [4.78, 5) is 28.1. The second kappa shape index (κ2) is 9.20. The van der Waals surface area contributed by atoms with Crippen LogP contribution in [0.2, 0.25) is 0 Å². The summed E-state index contributed by atoms with van der Waals surface area (Å²) in [6, 6.07) is 24.3. The molecule has 0 aliphatic carbocycles. The van der Waals surface area contributed by atoms with E-state index in [1.54, 1.807) is 4.68 Å². The highest BCUT2D eigenvalue weighted by Crippen LogP contribution is 2.38. The van der Waals surface area contributed by atoms with E-state index in [2.05, 4.69) is 44.6 Å². The zero-order valence-corrected chi connectivity index (χ0v) is 22.4. The van der Waals surface area contributed by atoms with Gasteiger partial charge < -0.3 is 15.2 Å². The van der Waals surface area contributed by atoms with Gasteiger partial charge in [0.05, 0.1) is 23.4 Å². The van der Waals surface area contributed by atoms with Gasteiger partial charge in [0.1, 0.15) is 0 Å². The minimum Gasteiger partial charge on any atom is -0.359 e. The van der Waals surface area contributed by atoms with Gasteiger partial charge in [0, 0.05) is 47.7 Å². The van der Waals surface area contributed by atoms with Crippen molar-refractivity contribution in [3.63, 3.8) is 0 Å². The molecule has 3 aromatic carbocycles. The first-order chi connectivity index (χ1) is 19.5. The van der Waals surface area contributed by atoms with Crippen molar-refractivity contribution in [2.75, 3.05) is 10.2 Å². The van der Waals surface area contributed by atoms with Crippen LogP contribution in [-0.4, -0.2) is 30.6 Å². The van der Waals surface area contributed by atoms with E-state index in [1.807, 2.05) is 86.7 Å². The summed E-state index contributed by atoms with van der Waals surface area (Å²) in [5, 5.41) is 8.66. The van der Waals surface area contributed by atoms with Crippen LogP contribution in [0.4, 0.5) is 17.5 Å². The quantitative estimate of drug-likeness (QED) is 0.266. The van der Waals surface area contributed by atoms with E-state index in [-0.39, 0.29) is 5.91 Å². The van der Waals surface area contributed by atoms with Crippen molar-refractivity contribution in [1.82, 2.24) is 24.7 Å². The number of aromatic nitrogens is 5. The Kier molecular flexibility index (Phi) is 5.48. The fourth-order valence-corrected chi connectivity index (χ4v) is 5.40. The van der Waals surface area contributed by atoms with E-state index < -0.39 is 0 Å². The van der Waals surface area contributed by atoms with Gasteiger partial charge in [0.15, 0.2) is 5.82 Å². The van der Waals surface area contributed by atoms with Crippen molar-refractivity contribution in [3.8, 4) is 22.4 Å². The topological polar surface area (TPSA) is 91.7 Å². The van der Waals surface area contributed by atoms with E-state index in [4.69, 9.17) is 4.98 Å². The number of anilines is 3. The van der Waals surface area contributed by atoms with Gasteiger partial charge in [0.2, 0.25) is 5.95 Å². The number of aromatic amines is 1. The standard InChI is InChI=1S/C32H27N7O/c1-19-16-34-32(35-28-14-20(2)38(3)37-28)36-29(19)26-17-33-30-25(26)10-7-11-27(30)39-18-23-15-22(12-13-24(23)31(39)40)21-8-5-4-6-9-21/h4-17,33H,18H2,1-3H3,(H,34,35,36,37). The van der Waals surface area contributed by atoms with Crippen molar-refractivity contribution in [1.29, 1.82) is 0 Å². The maximum atomic E-state index is 13.5. The molecule has 0 saturated heterocycles. The fourth-order valence-electron chi connectivity index (χ4n) is 5.40. The molecule has 196 valence electrons. The average molecular weight is 526 g/mol. The maximum absolute atomic E-state index is 13.5. The van der Waals surface area contributed by atoms with Crippen LogP contribution in [-0.2, 0) is 13.6 Å². The van der Waals surface area contributed by atoms with Crippen LogP contribution in [0.3, 0.4) is 0 Å². The number of benzene rings is 3. The number of nitrogens with zero attached hydrogens (tertiary/aromatic N) is 5. The van der Waals surface area contributed by atoms with E-state index in [0.29, 0.717) is 18.3 Å². The van der Waals surface area contributed by atoms with Crippen molar-refractivity contribution < 1.29 is 4.79 Å². The van der Waals surface area contributed by atoms with Crippen LogP contribution in [0.15, 0.2) is 85.2 Å². The largest absolute Gasteiger partial charge is 0.359 e. The molecule has 1 aliphatic heterocycles. The van der Waals surface area contributed by atoms with Crippen LogP contribution in [0.25, 0.3) is 33.3 Å². The Morgan fingerprint density at radius 1 is 0.925 bits per heavy atom. The van der Waals surface area contributed by atoms with Gasteiger partial charge in [-0.05, 0) is 54.3 Å². The minimum atomic E-state index is 0.00798. The third kappa shape index (κ3) is 3.92. The van der Waals surface area contributed by atoms with Gasteiger partial charge in [-0.1, -0.05) is 48.5 Å². The van der Waals surface area contributed by atoms with Gasteiger partial charge in [0.25, 0.3) is 5.91 Å². The molecule has 40 heavy (non-hydrogen) atoms. The van der Waals surface area contributed by atoms with Crippen LogP contribution in [0, 0.1) is 13.8 Å². The summed E-state index contributed by atoms with van der Waals surface area (Å²) in [6.07, 6.45) is 3.77. The Bertz CT molecular complexity index is 1900. The molecule has 0 radical (unpaired) electrons. The first-order valence-electron chi connectivity index (χ1n) is 13.2. The molecule has 0 atom stereocenters. The fraction of sp³-hybridized carbons (Fsp3) is 0.125. The lowest BCUT2D eigenvalue weighted by molar-refractivity contribution is 0.0997. The number of amides is 1. The van der Waals surface area contributed by atoms with Gasteiger partial charge in [-0.2, -0.15) is 5.10 Å². The van der Waals surface area contributed by atoms with Crippen molar-refractivity contribution in [3.05, 3.63) is 108 Å². The van der Waals surface area contributed by atoms with Gasteiger partial charge in [-0.15, -0.1) is 0 Å². The summed E-state index contributed by atoms with van der Waals surface area (Å²) in [5.41, 5.74) is 9.52. The number of nitrogens with one attached hydrogen (secondary N) is 2. The number of hydrogen-bond donors (Lipinski definition) is 2. The Balaban J connectivity index is 1.23. The third-order valence-electron chi connectivity index (χ3n) is 7.58. The zero-order chi connectivity index (χ0) is 27.4. The highest BCUT2D eigenvalue weighted by molar-refractivity contribution is 6.14. The van der Waals surface area contributed by atoms with Gasteiger partial charge in [-0.25, -0.2) is 9.97 Å². The highest BCUT2D eigenvalue weighted by Gasteiger charge is 2.30. The smallest absolute Gasteiger partial charge is 0.259 e. The SMILES string of the molecule is Cc1cnc(Nc2cc(C)n(C)n2)nc1-c1c[nH]c2c(N3Cc4cc(-c5ccccc5)ccc4C3=O)cccc12. The summed E-state index contributed by atoms with van der Waals surface area (Å²) in [5.74, 6) is 1.18. The second-order valence-corrected chi connectivity index (χ2v) is 10.2. The number of fused-ring (bicyclic) bond motifs is 2. The van der Waals surface area contributed by atoms with E-state index in [9.17, 15) is 4.79 Å². The molecule has 8 heteroatoms. The Morgan fingerprint density at radius 3 is 2.58 bits per heavy atom. The van der Waals surface area contributed by atoms with Crippen molar-refractivity contribution in [2.24, 2.45) is 7.05 Å². The lowest BCUT2D eigenvalue weighted by atomic mass is 10.0. The van der Waals surface area contributed by atoms with Crippen LogP contribution in [0.5, 0.6) is 0 Å².